The summed E-state index contributed by atoms with van der Waals surface area (Å²) in [5.74, 6) is 0.308. The topological polar surface area (TPSA) is 48.4 Å². The number of nitrogens with zero attached hydrogens (tertiary/aromatic N) is 1. The van der Waals surface area contributed by atoms with Gasteiger partial charge in [-0.05, 0) is 65.4 Å². The van der Waals surface area contributed by atoms with Crippen molar-refractivity contribution in [2.75, 3.05) is 13.7 Å². The van der Waals surface area contributed by atoms with Crippen LogP contribution in [0, 0.1) is 0 Å². The number of benzene rings is 1. The van der Waals surface area contributed by atoms with Gasteiger partial charge >= 0.3 is 5.97 Å². The van der Waals surface area contributed by atoms with Crippen molar-refractivity contribution in [1.29, 1.82) is 0 Å². The Morgan fingerprint density at radius 3 is 2.65 bits per heavy atom. The number of pyridine rings is 1. The standard InChI is InChI=1S/C24H21NO3S.C2H6/c1-5-16-6-7-17(22(25-16)24(26)27-4)19-13-21-20(12-18(19)14(2)3)23-15(8-10-28-21)9-11-29-23;1-2/h5-7,9,11-13H,1-2,8,10H2,3-4H3;1-2H3. The van der Waals surface area contributed by atoms with Crippen molar-refractivity contribution in [2.24, 2.45) is 0 Å². The van der Waals surface area contributed by atoms with Gasteiger partial charge in [-0.2, -0.15) is 0 Å². The van der Waals surface area contributed by atoms with Gasteiger partial charge < -0.3 is 9.47 Å². The second-order valence-corrected chi connectivity index (χ2v) is 7.79. The average molecular weight is 434 g/mol. The lowest BCUT2D eigenvalue weighted by molar-refractivity contribution is 0.0595. The fraction of sp³-hybridized carbons (Fsp3) is 0.231. The van der Waals surface area contributed by atoms with E-state index in [-0.39, 0.29) is 5.69 Å². The third-order valence-corrected chi connectivity index (χ3v) is 5.98. The van der Waals surface area contributed by atoms with Crippen LogP contribution < -0.4 is 4.74 Å². The molecule has 0 radical (unpaired) electrons. The first-order valence-electron chi connectivity index (χ1n) is 10.3. The summed E-state index contributed by atoms with van der Waals surface area (Å²) < 4.78 is 11.1. The van der Waals surface area contributed by atoms with E-state index in [1.807, 2.05) is 39.0 Å². The highest BCUT2D eigenvalue weighted by molar-refractivity contribution is 7.13. The van der Waals surface area contributed by atoms with Gasteiger partial charge in [0.15, 0.2) is 5.69 Å². The number of carbonyl (C=O) groups is 1. The fourth-order valence-electron chi connectivity index (χ4n) is 3.55. The van der Waals surface area contributed by atoms with Crippen molar-refractivity contribution in [3.63, 3.8) is 0 Å². The molecule has 3 heterocycles. The molecule has 31 heavy (non-hydrogen) atoms. The van der Waals surface area contributed by atoms with Crippen LogP contribution in [0.5, 0.6) is 5.75 Å². The molecule has 0 bridgehead atoms. The fourth-order valence-corrected chi connectivity index (χ4v) is 4.53. The van der Waals surface area contributed by atoms with E-state index in [0.29, 0.717) is 17.9 Å². The van der Waals surface area contributed by atoms with Crippen LogP contribution in [-0.4, -0.2) is 24.7 Å². The summed E-state index contributed by atoms with van der Waals surface area (Å²) in [5.41, 5.74) is 6.59. The molecule has 0 unspecified atom stereocenters. The summed E-state index contributed by atoms with van der Waals surface area (Å²) in [6, 6.07) is 9.96. The van der Waals surface area contributed by atoms with Crippen LogP contribution >= 0.6 is 11.3 Å². The van der Waals surface area contributed by atoms with Crippen LogP contribution in [-0.2, 0) is 11.2 Å². The second kappa shape index (κ2) is 9.75. The quantitative estimate of drug-likeness (QED) is 0.420. The molecular formula is C26H27NO3S. The number of carbonyl (C=O) groups excluding carboxylic acids is 1. The minimum absolute atomic E-state index is 0.248. The van der Waals surface area contributed by atoms with Crippen LogP contribution in [0.4, 0.5) is 0 Å². The lowest BCUT2D eigenvalue weighted by atomic mass is 9.91. The summed E-state index contributed by atoms with van der Waals surface area (Å²) in [6.45, 7) is 14.5. The lowest BCUT2D eigenvalue weighted by Gasteiger charge is -2.17. The van der Waals surface area contributed by atoms with Crippen molar-refractivity contribution in [2.45, 2.75) is 27.2 Å². The maximum atomic E-state index is 12.5. The molecule has 1 aliphatic rings. The van der Waals surface area contributed by atoms with Crippen LogP contribution in [0.15, 0.2) is 48.9 Å². The van der Waals surface area contributed by atoms with Crippen LogP contribution in [0.3, 0.4) is 0 Å². The maximum absolute atomic E-state index is 12.5. The van der Waals surface area contributed by atoms with Gasteiger partial charge in [-0.15, -0.1) is 11.3 Å². The van der Waals surface area contributed by atoms with Gasteiger partial charge in [-0.25, -0.2) is 9.78 Å². The van der Waals surface area contributed by atoms with Gasteiger partial charge in [-0.3, -0.25) is 0 Å². The summed E-state index contributed by atoms with van der Waals surface area (Å²) in [5, 5.41) is 2.11. The van der Waals surface area contributed by atoms with Crippen molar-refractivity contribution in [1.82, 2.24) is 4.98 Å². The van der Waals surface area contributed by atoms with E-state index in [2.05, 4.69) is 35.7 Å². The number of allylic oxidation sites excluding steroid dienone is 1. The van der Waals surface area contributed by atoms with Crippen molar-refractivity contribution in [3.05, 3.63) is 71.4 Å². The molecule has 0 atom stereocenters. The predicted molar refractivity (Wildman–Crippen MR) is 130 cm³/mol. The Morgan fingerprint density at radius 1 is 1.19 bits per heavy atom. The summed E-state index contributed by atoms with van der Waals surface area (Å²) in [6.07, 6.45) is 2.47. The maximum Gasteiger partial charge on any atom is 0.357 e. The first-order valence-corrected chi connectivity index (χ1v) is 11.2. The smallest absolute Gasteiger partial charge is 0.357 e. The Kier molecular flexibility index (Phi) is 7.08. The van der Waals surface area contributed by atoms with Gasteiger partial charge in [0.2, 0.25) is 0 Å². The Balaban J connectivity index is 0.00000132. The number of methoxy groups -OCH3 is 1. The molecule has 1 aromatic carbocycles. The molecule has 5 heteroatoms. The molecule has 160 valence electrons. The zero-order chi connectivity index (χ0) is 22.5. The van der Waals surface area contributed by atoms with E-state index >= 15 is 0 Å². The van der Waals surface area contributed by atoms with Gasteiger partial charge in [0.25, 0.3) is 0 Å². The van der Waals surface area contributed by atoms with E-state index in [1.165, 1.54) is 17.6 Å². The Labute approximate surface area is 187 Å². The van der Waals surface area contributed by atoms with E-state index in [4.69, 9.17) is 9.47 Å². The Hall–Kier alpha value is -3.18. The first-order chi connectivity index (χ1) is 15.0. The van der Waals surface area contributed by atoms with Crippen molar-refractivity contribution >= 4 is 29.0 Å². The Bertz CT molecular complexity index is 1140. The summed E-state index contributed by atoms with van der Waals surface area (Å²) in [7, 11) is 1.35. The van der Waals surface area contributed by atoms with Gasteiger partial charge in [0.05, 0.1) is 19.4 Å². The predicted octanol–water partition coefficient (Wildman–Crippen LogP) is 6.90. The second-order valence-electron chi connectivity index (χ2n) is 6.88. The SMILES string of the molecule is C=Cc1ccc(-c2cc3c(cc2C(=C)C)-c2sccc2CCO3)c(C(=O)OC)n1.CC. The molecule has 4 rings (SSSR count). The van der Waals surface area contributed by atoms with E-state index in [1.54, 1.807) is 17.4 Å². The molecule has 0 saturated carbocycles. The highest BCUT2D eigenvalue weighted by Gasteiger charge is 2.23. The van der Waals surface area contributed by atoms with E-state index in [0.717, 1.165) is 34.4 Å². The number of thiophene rings is 1. The average Bonchev–Trinajstić information content (AvgIpc) is 3.20. The van der Waals surface area contributed by atoms with Gasteiger partial charge in [-0.1, -0.05) is 32.6 Å². The third-order valence-electron chi connectivity index (χ3n) is 4.99. The molecular weight excluding hydrogens is 406 g/mol. The highest BCUT2D eigenvalue weighted by Crippen LogP contribution is 2.44. The monoisotopic (exact) mass is 433 g/mol. The molecule has 0 fully saturated rings. The third kappa shape index (κ3) is 4.32. The van der Waals surface area contributed by atoms with Crippen molar-refractivity contribution in [3.8, 4) is 27.3 Å². The van der Waals surface area contributed by atoms with E-state index < -0.39 is 5.97 Å². The van der Waals surface area contributed by atoms with Gasteiger partial charge in [0, 0.05) is 22.4 Å². The number of ether oxygens (including phenoxy) is 2. The molecule has 1 aliphatic heterocycles. The minimum Gasteiger partial charge on any atom is -0.493 e. The number of aromatic nitrogens is 1. The number of esters is 1. The molecule has 4 nitrogen and oxygen atoms in total. The van der Waals surface area contributed by atoms with E-state index in [9.17, 15) is 4.79 Å². The molecule has 0 aliphatic carbocycles. The molecule has 3 aromatic rings. The molecule has 2 aromatic heterocycles. The molecule has 0 saturated heterocycles. The first kappa shape index (κ1) is 22.5. The number of hydrogen-bond acceptors (Lipinski definition) is 5. The lowest BCUT2D eigenvalue weighted by Crippen LogP contribution is -2.08. The number of hydrogen-bond donors (Lipinski definition) is 0. The van der Waals surface area contributed by atoms with Crippen LogP contribution in [0.2, 0.25) is 0 Å². The summed E-state index contributed by atoms with van der Waals surface area (Å²) in [4.78, 5) is 18.1. The molecule has 0 N–H and O–H groups in total. The molecule has 0 spiro atoms. The number of rotatable bonds is 4. The summed E-state index contributed by atoms with van der Waals surface area (Å²) >= 11 is 1.71. The Morgan fingerprint density at radius 2 is 1.97 bits per heavy atom. The largest absolute Gasteiger partial charge is 0.493 e. The van der Waals surface area contributed by atoms with Crippen molar-refractivity contribution < 1.29 is 14.3 Å². The number of fused-ring (bicyclic) bond motifs is 3. The zero-order valence-corrected chi connectivity index (χ0v) is 19.3. The van der Waals surface area contributed by atoms with Gasteiger partial charge in [0.1, 0.15) is 5.75 Å². The normalized spacial score (nSPS) is 11.6. The highest BCUT2D eigenvalue weighted by atomic mass is 32.1. The van der Waals surface area contributed by atoms with Crippen LogP contribution in [0.25, 0.3) is 33.2 Å². The minimum atomic E-state index is -0.493. The van der Waals surface area contributed by atoms with Crippen LogP contribution in [0.1, 0.15) is 48.1 Å². The zero-order valence-electron chi connectivity index (χ0n) is 18.5. The molecule has 0 amide bonds.